The van der Waals surface area contributed by atoms with Crippen molar-refractivity contribution in [2.75, 3.05) is 44.9 Å². The van der Waals surface area contributed by atoms with Crippen LogP contribution >= 0.6 is 7.14 Å². The second-order valence-electron chi connectivity index (χ2n) is 13.8. The number of ether oxygens (including phenoxy) is 3. The van der Waals surface area contributed by atoms with Crippen LogP contribution in [0.15, 0.2) is 18.3 Å². The van der Waals surface area contributed by atoms with Gasteiger partial charge in [-0.05, 0) is 85.3 Å². The molecule has 17 heteroatoms. The van der Waals surface area contributed by atoms with E-state index in [-0.39, 0.29) is 29.9 Å². The van der Waals surface area contributed by atoms with Gasteiger partial charge in [0.15, 0.2) is 11.9 Å². The Morgan fingerprint density at radius 2 is 1.88 bits per heavy atom. The quantitative estimate of drug-likeness (QED) is 0.218. The largest absolute Gasteiger partial charge is 0.491 e. The minimum absolute atomic E-state index is 0.0435. The SMILES string of the molecule is CCOc1ccc2c3c(-c4nc(N[C@H]5CCCN(C(=O)OC(C)(C)C)C5)ncc4C(F)(F)F)nn(C4CCCCO4)c3nn2c1P(C)(C)=O. The number of likely N-dealkylation sites (tertiary alicyclic amines) is 1. The first-order valence-corrected chi connectivity index (χ1v) is 19.1. The topological polar surface area (TPSA) is 138 Å². The average molecular weight is 707 g/mol. The van der Waals surface area contributed by atoms with Crippen LogP contribution in [0.2, 0.25) is 0 Å². The lowest BCUT2D eigenvalue weighted by molar-refractivity contribution is -0.137. The lowest BCUT2D eigenvalue weighted by Crippen LogP contribution is -2.47. The number of carbonyl (C=O) groups is 1. The van der Waals surface area contributed by atoms with Crippen LogP contribution in [0.1, 0.15) is 71.6 Å². The summed E-state index contributed by atoms with van der Waals surface area (Å²) < 4.78 is 78.0. The molecule has 1 amide bonds. The number of pyridine rings is 1. The molecule has 1 N–H and O–H groups in total. The van der Waals surface area contributed by atoms with Gasteiger partial charge in [0.1, 0.15) is 40.9 Å². The third-order valence-corrected chi connectivity index (χ3v) is 9.77. The summed E-state index contributed by atoms with van der Waals surface area (Å²) in [6.45, 7) is 11.9. The highest BCUT2D eigenvalue weighted by Crippen LogP contribution is 2.43. The zero-order chi connectivity index (χ0) is 35.3. The number of alkyl halides is 3. The molecule has 0 aliphatic carbocycles. The summed E-state index contributed by atoms with van der Waals surface area (Å²) in [4.78, 5) is 22.8. The van der Waals surface area contributed by atoms with Crippen molar-refractivity contribution < 1.29 is 36.7 Å². The normalized spacial score (nSPS) is 19.4. The molecule has 13 nitrogen and oxygen atoms in total. The highest BCUT2D eigenvalue weighted by molar-refractivity contribution is 7.70. The van der Waals surface area contributed by atoms with E-state index < -0.39 is 42.5 Å². The number of fused-ring (bicyclic) bond motifs is 3. The molecule has 6 heterocycles. The second-order valence-corrected chi connectivity index (χ2v) is 16.9. The van der Waals surface area contributed by atoms with Gasteiger partial charge in [0.05, 0.1) is 17.5 Å². The van der Waals surface area contributed by atoms with Crippen molar-refractivity contribution in [3.05, 3.63) is 23.9 Å². The molecule has 0 bridgehead atoms. The minimum Gasteiger partial charge on any atom is -0.491 e. The third kappa shape index (κ3) is 7.21. The smallest absolute Gasteiger partial charge is 0.420 e. The summed E-state index contributed by atoms with van der Waals surface area (Å²) in [5.41, 5.74) is -1.25. The maximum Gasteiger partial charge on any atom is 0.420 e. The molecule has 0 radical (unpaired) electrons. The fourth-order valence-corrected chi connectivity index (χ4v) is 7.59. The van der Waals surface area contributed by atoms with Gasteiger partial charge in [-0.15, -0.1) is 5.10 Å². The van der Waals surface area contributed by atoms with Crippen molar-refractivity contribution in [3.63, 3.8) is 0 Å². The molecule has 2 fully saturated rings. The lowest BCUT2D eigenvalue weighted by Gasteiger charge is -2.34. The number of aromatic nitrogens is 6. The van der Waals surface area contributed by atoms with Gasteiger partial charge < -0.3 is 29.0 Å². The number of piperidine rings is 1. The van der Waals surface area contributed by atoms with Crippen LogP contribution in [0.5, 0.6) is 5.75 Å². The maximum absolute atomic E-state index is 14.7. The first-order chi connectivity index (χ1) is 23.0. The number of nitrogens with one attached hydrogen (secondary N) is 1. The lowest BCUT2D eigenvalue weighted by atomic mass is 10.1. The molecule has 2 saturated heterocycles. The Hall–Kier alpha value is -3.91. The van der Waals surface area contributed by atoms with E-state index in [9.17, 15) is 22.5 Å². The number of amides is 1. The molecule has 0 saturated carbocycles. The third-order valence-electron chi connectivity index (χ3n) is 8.34. The minimum atomic E-state index is -4.82. The predicted molar refractivity (Wildman–Crippen MR) is 178 cm³/mol. The standard InChI is InChI=1S/C32H42F3N8O5P/c1-7-46-22-14-13-21-24-26(39-43(23-12-8-9-16-47-23)27(24)40-42(21)28(22)49(5,6)45)25-20(32(33,34)35)17-36-29(38-25)37-19-11-10-15-41(18-19)30(44)48-31(2,3)4/h13-14,17,19,23H,7-12,15-16,18H2,1-6H3,(H,36,37,38)/t19-,23?/m0/s1. The predicted octanol–water partition coefficient (Wildman–Crippen LogP) is 6.32. The second kappa shape index (κ2) is 13.1. The van der Waals surface area contributed by atoms with E-state index in [0.29, 0.717) is 61.1 Å². The Labute approximate surface area is 281 Å². The highest BCUT2D eigenvalue weighted by Gasteiger charge is 2.39. The number of carbonyl (C=O) groups excluding carboxylic acids is 1. The molecule has 4 aromatic heterocycles. The number of hydrogen-bond donors (Lipinski definition) is 1. The molecule has 49 heavy (non-hydrogen) atoms. The first kappa shape index (κ1) is 34.9. The molecule has 2 aliphatic heterocycles. The van der Waals surface area contributed by atoms with Crippen molar-refractivity contribution in [1.29, 1.82) is 0 Å². The molecular formula is C32H42F3N8O5P. The van der Waals surface area contributed by atoms with Gasteiger partial charge in [0.25, 0.3) is 0 Å². The highest BCUT2D eigenvalue weighted by atomic mass is 31.2. The first-order valence-electron chi connectivity index (χ1n) is 16.5. The van der Waals surface area contributed by atoms with Crippen LogP contribution in [0.4, 0.5) is 23.9 Å². The molecule has 1 unspecified atom stereocenters. The van der Waals surface area contributed by atoms with E-state index >= 15 is 0 Å². The summed E-state index contributed by atoms with van der Waals surface area (Å²) in [7, 11) is -3.02. The number of anilines is 1. The Morgan fingerprint density at radius 1 is 1.10 bits per heavy atom. The Balaban J connectivity index is 1.50. The number of nitrogens with zero attached hydrogens (tertiary/aromatic N) is 7. The summed E-state index contributed by atoms with van der Waals surface area (Å²) >= 11 is 0. The van der Waals surface area contributed by atoms with Gasteiger partial charge in [-0.1, -0.05) is 0 Å². The van der Waals surface area contributed by atoms with Crippen molar-refractivity contribution >= 4 is 41.2 Å². The van der Waals surface area contributed by atoms with E-state index in [1.807, 2.05) is 6.92 Å². The molecule has 2 aliphatic rings. The van der Waals surface area contributed by atoms with E-state index in [4.69, 9.17) is 24.4 Å². The summed E-state index contributed by atoms with van der Waals surface area (Å²) in [6.07, 6.45) is -1.54. The average Bonchev–Trinajstić information content (AvgIpc) is 3.57. The summed E-state index contributed by atoms with van der Waals surface area (Å²) in [6, 6.07) is 3.00. The van der Waals surface area contributed by atoms with E-state index in [1.54, 1.807) is 51.1 Å². The Kier molecular flexibility index (Phi) is 9.33. The molecule has 2 atom stereocenters. The van der Waals surface area contributed by atoms with Crippen LogP contribution in [0.25, 0.3) is 27.9 Å². The summed E-state index contributed by atoms with van der Waals surface area (Å²) in [5.74, 6) is 0.332. The van der Waals surface area contributed by atoms with Gasteiger partial charge in [-0.3, -0.25) is 0 Å². The monoisotopic (exact) mass is 706 g/mol. The van der Waals surface area contributed by atoms with Gasteiger partial charge in [0, 0.05) is 31.9 Å². The van der Waals surface area contributed by atoms with Crippen molar-refractivity contribution in [3.8, 4) is 17.1 Å². The molecular weight excluding hydrogens is 664 g/mol. The molecule has 0 aromatic carbocycles. The van der Waals surface area contributed by atoms with Crippen LogP contribution in [-0.2, 0) is 20.2 Å². The van der Waals surface area contributed by atoms with E-state index in [1.165, 1.54) is 9.20 Å². The summed E-state index contributed by atoms with van der Waals surface area (Å²) in [5, 5.41) is 12.9. The fraction of sp³-hybridized carbons (Fsp3) is 0.594. The van der Waals surface area contributed by atoms with Crippen molar-refractivity contribution in [2.45, 2.75) is 83.8 Å². The van der Waals surface area contributed by atoms with Gasteiger partial charge in [-0.25, -0.2) is 24.0 Å². The van der Waals surface area contributed by atoms with Crippen LogP contribution in [0, 0.1) is 0 Å². The van der Waals surface area contributed by atoms with Gasteiger partial charge in [-0.2, -0.15) is 18.3 Å². The van der Waals surface area contributed by atoms with E-state index in [0.717, 1.165) is 19.0 Å². The molecule has 266 valence electrons. The maximum atomic E-state index is 14.7. The van der Waals surface area contributed by atoms with E-state index in [2.05, 4.69) is 15.3 Å². The van der Waals surface area contributed by atoms with Crippen molar-refractivity contribution in [2.24, 2.45) is 0 Å². The molecule has 4 aromatic rings. The van der Waals surface area contributed by atoms with Crippen LogP contribution in [-0.4, -0.2) is 91.6 Å². The number of halogens is 3. The molecule has 6 rings (SSSR count). The Bertz CT molecular complexity index is 1910. The fourth-order valence-electron chi connectivity index (χ4n) is 6.31. The Morgan fingerprint density at radius 3 is 2.53 bits per heavy atom. The zero-order valence-electron chi connectivity index (χ0n) is 28.5. The van der Waals surface area contributed by atoms with Crippen LogP contribution < -0.4 is 15.5 Å². The zero-order valence-corrected chi connectivity index (χ0v) is 29.4. The van der Waals surface area contributed by atoms with Crippen LogP contribution in [0.3, 0.4) is 0 Å². The molecule has 0 spiro atoms. The number of rotatable bonds is 7. The number of hydrogen-bond acceptors (Lipinski definition) is 10. The van der Waals surface area contributed by atoms with Gasteiger partial charge >= 0.3 is 12.3 Å². The van der Waals surface area contributed by atoms with Gasteiger partial charge in [0.2, 0.25) is 5.95 Å². The van der Waals surface area contributed by atoms with Crippen molar-refractivity contribution in [1.82, 2.24) is 34.3 Å².